The molecular formula is C17H13FN6O5S2. The van der Waals surface area contributed by atoms with Gasteiger partial charge in [0.05, 0.1) is 9.79 Å². The van der Waals surface area contributed by atoms with Gasteiger partial charge in [0.25, 0.3) is 15.6 Å². The van der Waals surface area contributed by atoms with E-state index in [1.165, 1.54) is 23.0 Å². The molecule has 0 fully saturated rings. The molecule has 0 aliphatic carbocycles. The van der Waals surface area contributed by atoms with Crippen molar-refractivity contribution in [1.82, 2.24) is 19.5 Å². The van der Waals surface area contributed by atoms with Crippen LogP contribution in [0.15, 0.2) is 69.4 Å². The summed E-state index contributed by atoms with van der Waals surface area (Å²) in [5.41, 5.74) is 6.17. The molecule has 2 aromatic carbocycles. The van der Waals surface area contributed by atoms with Crippen molar-refractivity contribution >= 4 is 43.0 Å². The minimum atomic E-state index is -4.93. The third-order valence-corrected chi connectivity index (χ3v) is 6.47. The van der Waals surface area contributed by atoms with Crippen LogP contribution in [0.1, 0.15) is 0 Å². The van der Waals surface area contributed by atoms with Crippen molar-refractivity contribution in [3.63, 3.8) is 0 Å². The molecule has 14 heteroatoms. The summed E-state index contributed by atoms with van der Waals surface area (Å²) in [5.74, 6) is -0.0739. The second-order valence-electron chi connectivity index (χ2n) is 6.30. The van der Waals surface area contributed by atoms with Gasteiger partial charge in [-0.3, -0.25) is 19.1 Å². The molecule has 0 spiro atoms. The van der Waals surface area contributed by atoms with E-state index in [1.54, 1.807) is 12.1 Å². The number of hydrogen-bond acceptors (Lipinski definition) is 8. The van der Waals surface area contributed by atoms with Crippen LogP contribution in [0.5, 0.6) is 0 Å². The average molecular weight is 464 g/mol. The number of imidazole rings is 1. The molecule has 0 aliphatic heterocycles. The zero-order valence-electron chi connectivity index (χ0n) is 15.4. The number of sulfonamides is 1. The molecule has 0 radical (unpaired) electrons. The van der Waals surface area contributed by atoms with E-state index in [2.05, 4.69) is 19.7 Å². The summed E-state index contributed by atoms with van der Waals surface area (Å²) < 4.78 is 63.5. The maximum absolute atomic E-state index is 13.0. The first-order chi connectivity index (χ1) is 14.5. The molecule has 0 bridgehead atoms. The van der Waals surface area contributed by atoms with Crippen LogP contribution in [0.2, 0.25) is 0 Å². The topological polar surface area (TPSA) is 170 Å². The molecule has 0 unspecified atom stereocenters. The molecule has 160 valence electrons. The third kappa shape index (κ3) is 3.97. The van der Waals surface area contributed by atoms with Gasteiger partial charge >= 0.3 is 10.2 Å². The monoisotopic (exact) mass is 464 g/mol. The van der Waals surface area contributed by atoms with Crippen molar-refractivity contribution in [2.24, 2.45) is 0 Å². The highest BCUT2D eigenvalue weighted by molar-refractivity contribution is 7.92. The van der Waals surface area contributed by atoms with Crippen molar-refractivity contribution < 1.29 is 20.7 Å². The Morgan fingerprint density at radius 2 is 1.58 bits per heavy atom. The second kappa shape index (κ2) is 7.17. The van der Waals surface area contributed by atoms with E-state index in [4.69, 9.17) is 5.73 Å². The Morgan fingerprint density at radius 3 is 2.19 bits per heavy atom. The average Bonchev–Trinajstić information content (AvgIpc) is 3.12. The molecule has 0 saturated heterocycles. The predicted octanol–water partition coefficient (Wildman–Crippen LogP) is 1.15. The first-order valence-corrected chi connectivity index (χ1v) is 11.3. The van der Waals surface area contributed by atoms with E-state index < -0.39 is 30.7 Å². The number of halogens is 1. The quantitative estimate of drug-likeness (QED) is 0.369. The Kier molecular flexibility index (Phi) is 4.74. The molecule has 2 heterocycles. The molecule has 0 atom stereocenters. The van der Waals surface area contributed by atoms with Gasteiger partial charge in [-0.25, -0.2) is 13.4 Å². The molecule has 4 N–H and O–H groups in total. The Bertz CT molecular complexity index is 1560. The molecule has 11 nitrogen and oxygen atoms in total. The number of anilines is 2. The number of benzene rings is 2. The van der Waals surface area contributed by atoms with Crippen molar-refractivity contribution in [3.05, 3.63) is 65.2 Å². The van der Waals surface area contributed by atoms with E-state index in [9.17, 15) is 25.5 Å². The SMILES string of the molecule is Nc1nc2c(ncn2-c2ccc(NS(=O)(=O)c3ccc(S(=O)(=O)F)cc3)cc2)c(=O)[nH]1. The molecule has 4 rings (SSSR count). The van der Waals surface area contributed by atoms with Crippen LogP contribution in [-0.4, -0.2) is 36.4 Å². The summed E-state index contributed by atoms with van der Waals surface area (Å²) >= 11 is 0. The number of H-pyrrole nitrogens is 1. The predicted molar refractivity (Wildman–Crippen MR) is 109 cm³/mol. The van der Waals surface area contributed by atoms with Crippen molar-refractivity contribution in [2.75, 3.05) is 10.5 Å². The first kappa shape index (κ1) is 20.5. The fourth-order valence-electron chi connectivity index (χ4n) is 2.80. The number of aromatic amines is 1. The number of nitrogen functional groups attached to an aromatic ring is 1. The molecule has 2 aromatic heterocycles. The Hall–Kier alpha value is -3.78. The van der Waals surface area contributed by atoms with E-state index in [-0.39, 0.29) is 27.7 Å². The summed E-state index contributed by atoms with van der Waals surface area (Å²) in [6.07, 6.45) is 1.38. The minimum Gasteiger partial charge on any atom is -0.369 e. The third-order valence-electron chi connectivity index (χ3n) is 4.24. The van der Waals surface area contributed by atoms with E-state index >= 15 is 0 Å². The Morgan fingerprint density at radius 1 is 0.968 bits per heavy atom. The molecule has 0 saturated carbocycles. The highest BCUT2D eigenvalue weighted by Gasteiger charge is 2.18. The Labute approximate surface area is 174 Å². The van der Waals surface area contributed by atoms with Gasteiger partial charge in [0, 0.05) is 11.4 Å². The lowest BCUT2D eigenvalue weighted by atomic mass is 10.3. The minimum absolute atomic E-state index is 0.0739. The second-order valence-corrected chi connectivity index (χ2v) is 9.33. The number of aromatic nitrogens is 4. The molecular weight excluding hydrogens is 451 g/mol. The highest BCUT2D eigenvalue weighted by Crippen LogP contribution is 2.21. The number of nitrogens with two attached hydrogens (primary N) is 1. The maximum atomic E-state index is 13.0. The number of nitrogens with zero attached hydrogens (tertiary/aromatic N) is 3. The van der Waals surface area contributed by atoms with E-state index in [0.29, 0.717) is 5.69 Å². The zero-order chi connectivity index (χ0) is 22.4. The van der Waals surface area contributed by atoms with Gasteiger partial charge in [0.1, 0.15) is 6.33 Å². The summed E-state index contributed by atoms with van der Waals surface area (Å²) in [7, 11) is -8.98. The standard InChI is InChI=1S/C17H13FN6O5S2/c18-30(26,27)12-5-7-13(8-6-12)31(28,29)23-10-1-3-11(4-2-10)24-9-20-14-15(24)21-17(19)22-16(14)25/h1-9,23H,(H3,19,21,22,25). The molecule has 0 aliphatic rings. The largest absolute Gasteiger partial charge is 0.369 e. The van der Waals surface area contributed by atoms with E-state index in [1.807, 2.05) is 0 Å². The van der Waals surface area contributed by atoms with Crippen LogP contribution >= 0.6 is 0 Å². The van der Waals surface area contributed by atoms with Crippen LogP contribution in [0, 0.1) is 0 Å². The van der Waals surface area contributed by atoms with Gasteiger partial charge < -0.3 is 5.73 Å². The highest BCUT2D eigenvalue weighted by atomic mass is 32.3. The fourth-order valence-corrected chi connectivity index (χ4v) is 4.32. The summed E-state index contributed by atoms with van der Waals surface area (Å²) in [5, 5.41) is 0. The van der Waals surface area contributed by atoms with Gasteiger partial charge in [-0.15, -0.1) is 3.89 Å². The number of fused-ring (bicyclic) bond motifs is 1. The van der Waals surface area contributed by atoms with Gasteiger partial charge in [-0.05, 0) is 48.5 Å². The number of nitrogens with one attached hydrogen (secondary N) is 2. The molecule has 4 aromatic rings. The van der Waals surface area contributed by atoms with Gasteiger partial charge in [-0.1, -0.05) is 0 Å². The van der Waals surface area contributed by atoms with Gasteiger partial charge in [0.2, 0.25) is 5.95 Å². The van der Waals surface area contributed by atoms with Crippen molar-refractivity contribution in [1.29, 1.82) is 0 Å². The van der Waals surface area contributed by atoms with Crippen LogP contribution in [-0.2, 0) is 20.2 Å². The summed E-state index contributed by atoms with van der Waals surface area (Å²) in [6.45, 7) is 0. The molecule has 31 heavy (non-hydrogen) atoms. The van der Waals surface area contributed by atoms with Crippen LogP contribution in [0.4, 0.5) is 15.5 Å². The lowest BCUT2D eigenvalue weighted by molar-refractivity contribution is 0.551. The summed E-state index contributed by atoms with van der Waals surface area (Å²) in [4.78, 5) is 21.4. The smallest absolute Gasteiger partial charge is 0.332 e. The maximum Gasteiger partial charge on any atom is 0.332 e. The van der Waals surface area contributed by atoms with E-state index in [0.717, 1.165) is 24.3 Å². The summed E-state index contributed by atoms with van der Waals surface area (Å²) in [6, 6.07) is 9.75. The Balaban J connectivity index is 1.61. The lowest BCUT2D eigenvalue weighted by Gasteiger charge is -2.10. The van der Waals surface area contributed by atoms with Crippen LogP contribution in [0.3, 0.4) is 0 Å². The molecule has 0 amide bonds. The fraction of sp³-hybridized carbons (Fsp3) is 0. The number of rotatable bonds is 5. The normalized spacial score (nSPS) is 12.2. The first-order valence-electron chi connectivity index (χ1n) is 8.45. The van der Waals surface area contributed by atoms with Crippen LogP contribution in [0.25, 0.3) is 16.9 Å². The van der Waals surface area contributed by atoms with Gasteiger partial charge in [0.15, 0.2) is 11.2 Å². The van der Waals surface area contributed by atoms with Crippen molar-refractivity contribution in [2.45, 2.75) is 9.79 Å². The van der Waals surface area contributed by atoms with Crippen LogP contribution < -0.4 is 16.0 Å². The zero-order valence-corrected chi connectivity index (χ0v) is 17.0. The van der Waals surface area contributed by atoms with Gasteiger partial charge in [-0.2, -0.15) is 13.4 Å². The lowest BCUT2D eigenvalue weighted by Crippen LogP contribution is -2.13. The number of hydrogen-bond donors (Lipinski definition) is 3. The van der Waals surface area contributed by atoms with Crippen molar-refractivity contribution in [3.8, 4) is 5.69 Å².